The summed E-state index contributed by atoms with van der Waals surface area (Å²) in [7, 11) is 2.13. The number of nitrogens with one attached hydrogen (secondary N) is 1. The van der Waals surface area contributed by atoms with Gasteiger partial charge < -0.3 is 20.2 Å². The molecule has 2 atom stereocenters. The van der Waals surface area contributed by atoms with Gasteiger partial charge in [0, 0.05) is 41.4 Å². The van der Waals surface area contributed by atoms with E-state index in [1.54, 1.807) is 0 Å². The number of rotatable bonds is 1. The van der Waals surface area contributed by atoms with Crippen LogP contribution in [0.2, 0.25) is 0 Å². The number of amides is 1. The smallest absolute Gasteiger partial charge is 0.257 e. The minimum Gasteiger partial charge on any atom is -0.378 e. The third-order valence-corrected chi connectivity index (χ3v) is 4.69. The number of carbonyl (C=O) groups excluding carboxylic acids is 1. The van der Waals surface area contributed by atoms with Crippen molar-refractivity contribution in [2.75, 3.05) is 36.9 Å². The lowest BCUT2D eigenvalue weighted by Crippen LogP contribution is -2.50. The van der Waals surface area contributed by atoms with Crippen molar-refractivity contribution >= 4 is 33.2 Å². The Morgan fingerprint density at radius 3 is 2.85 bits per heavy atom. The Hall–Kier alpha value is -1.11. The number of hydrogen-bond acceptors (Lipinski definition) is 4. The van der Waals surface area contributed by atoms with Crippen LogP contribution in [0.1, 0.15) is 18.6 Å². The standard InChI is InChI=1S/C14H18BrN3O2/c1-8-7-17(2)3-4-18(8)12-6-11-9(5-10(12)15)13(19)14(20)16-11/h5-6,8,13,19H,3-4,7H2,1-2H3,(H,16,20). The van der Waals surface area contributed by atoms with E-state index < -0.39 is 6.10 Å². The molecule has 0 aromatic heterocycles. The van der Waals surface area contributed by atoms with Crippen LogP contribution in [0.4, 0.5) is 11.4 Å². The lowest BCUT2D eigenvalue weighted by atomic mass is 10.1. The van der Waals surface area contributed by atoms with Crippen molar-refractivity contribution in [1.29, 1.82) is 0 Å². The van der Waals surface area contributed by atoms with Crippen molar-refractivity contribution in [3.05, 3.63) is 22.2 Å². The summed E-state index contributed by atoms with van der Waals surface area (Å²) in [5.41, 5.74) is 2.43. The van der Waals surface area contributed by atoms with Crippen molar-refractivity contribution in [3.8, 4) is 0 Å². The summed E-state index contributed by atoms with van der Waals surface area (Å²) in [6.07, 6.45) is -1.06. The molecular formula is C14H18BrN3O2. The molecule has 2 heterocycles. The van der Waals surface area contributed by atoms with Gasteiger partial charge in [-0.15, -0.1) is 0 Å². The second kappa shape index (κ2) is 5.02. The van der Waals surface area contributed by atoms with Gasteiger partial charge in [0.1, 0.15) is 0 Å². The molecule has 1 aromatic carbocycles. The number of likely N-dealkylation sites (N-methyl/N-ethyl adjacent to an activating group) is 1. The van der Waals surface area contributed by atoms with Crippen LogP contribution in [-0.4, -0.2) is 48.6 Å². The summed E-state index contributed by atoms with van der Waals surface area (Å²) in [6, 6.07) is 4.21. The number of fused-ring (bicyclic) bond motifs is 1. The molecule has 2 aliphatic rings. The number of anilines is 2. The third kappa shape index (κ3) is 2.21. The first-order valence-electron chi connectivity index (χ1n) is 6.75. The fourth-order valence-electron chi connectivity index (χ4n) is 2.97. The summed E-state index contributed by atoms with van der Waals surface area (Å²) < 4.78 is 0.920. The first-order chi connectivity index (χ1) is 9.47. The zero-order valence-corrected chi connectivity index (χ0v) is 13.1. The van der Waals surface area contributed by atoms with E-state index in [1.807, 2.05) is 12.1 Å². The van der Waals surface area contributed by atoms with Crippen LogP contribution >= 0.6 is 15.9 Å². The summed E-state index contributed by atoms with van der Waals surface area (Å²) in [4.78, 5) is 16.2. The lowest BCUT2D eigenvalue weighted by Gasteiger charge is -2.40. The monoisotopic (exact) mass is 339 g/mol. The Balaban J connectivity index is 1.96. The van der Waals surface area contributed by atoms with Gasteiger partial charge in [-0.3, -0.25) is 4.79 Å². The second-order valence-corrected chi connectivity index (χ2v) is 6.44. The van der Waals surface area contributed by atoms with Crippen molar-refractivity contribution < 1.29 is 9.90 Å². The highest BCUT2D eigenvalue weighted by atomic mass is 79.9. The van der Waals surface area contributed by atoms with Gasteiger partial charge in [0.2, 0.25) is 0 Å². The minimum absolute atomic E-state index is 0.351. The summed E-state index contributed by atoms with van der Waals surface area (Å²) >= 11 is 3.57. The van der Waals surface area contributed by atoms with E-state index in [0.29, 0.717) is 17.3 Å². The molecule has 1 fully saturated rings. The predicted octanol–water partition coefficient (Wildman–Crippen LogP) is 1.57. The molecule has 3 rings (SSSR count). The molecule has 0 bridgehead atoms. The van der Waals surface area contributed by atoms with Gasteiger partial charge in [0.15, 0.2) is 6.10 Å². The first kappa shape index (κ1) is 13.9. The van der Waals surface area contributed by atoms with Gasteiger partial charge >= 0.3 is 0 Å². The van der Waals surface area contributed by atoms with E-state index in [-0.39, 0.29) is 5.91 Å². The van der Waals surface area contributed by atoms with Crippen molar-refractivity contribution in [1.82, 2.24) is 4.90 Å². The Bertz CT molecular complexity index is 564. The quantitative estimate of drug-likeness (QED) is 0.815. The Morgan fingerprint density at radius 1 is 1.40 bits per heavy atom. The molecule has 0 radical (unpaired) electrons. The zero-order chi connectivity index (χ0) is 14.4. The highest BCUT2D eigenvalue weighted by Crippen LogP contribution is 2.39. The van der Waals surface area contributed by atoms with Crippen LogP contribution in [0.15, 0.2) is 16.6 Å². The van der Waals surface area contributed by atoms with Crippen molar-refractivity contribution in [3.63, 3.8) is 0 Å². The van der Waals surface area contributed by atoms with Crippen LogP contribution in [-0.2, 0) is 4.79 Å². The number of benzene rings is 1. The number of aliphatic hydroxyl groups is 1. The summed E-state index contributed by atoms with van der Waals surface area (Å²) in [5, 5.41) is 12.5. The average Bonchev–Trinajstić information content (AvgIpc) is 2.65. The molecule has 2 unspecified atom stereocenters. The average molecular weight is 340 g/mol. The van der Waals surface area contributed by atoms with Crippen molar-refractivity contribution in [2.45, 2.75) is 19.1 Å². The number of piperazine rings is 1. The summed E-state index contributed by atoms with van der Waals surface area (Å²) in [5.74, 6) is -0.351. The molecular weight excluding hydrogens is 322 g/mol. The highest BCUT2D eigenvalue weighted by molar-refractivity contribution is 9.10. The largest absolute Gasteiger partial charge is 0.378 e. The van der Waals surface area contributed by atoms with Crippen molar-refractivity contribution in [2.24, 2.45) is 0 Å². The lowest BCUT2D eigenvalue weighted by molar-refractivity contribution is -0.123. The number of halogens is 1. The van der Waals surface area contributed by atoms with Gasteiger partial charge in [-0.25, -0.2) is 0 Å². The van der Waals surface area contributed by atoms with E-state index in [1.165, 1.54) is 0 Å². The molecule has 1 saturated heterocycles. The Morgan fingerprint density at radius 2 is 2.15 bits per heavy atom. The summed E-state index contributed by atoms with van der Waals surface area (Å²) in [6.45, 7) is 5.18. The van der Waals surface area contributed by atoms with Gasteiger partial charge in [-0.05, 0) is 42.0 Å². The molecule has 1 aromatic rings. The second-order valence-electron chi connectivity index (χ2n) is 5.59. The van der Waals surface area contributed by atoms with Gasteiger partial charge in [-0.2, -0.15) is 0 Å². The molecule has 6 heteroatoms. The van der Waals surface area contributed by atoms with Crippen LogP contribution in [0.25, 0.3) is 0 Å². The number of aliphatic hydroxyl groups excluding tert-OH is 1. The molecule has 0 spiro atoms. The fraction of sp³-hybridized carbons (Fsp3) is 0.500. The van der Waals surface area contributed by atoms with E-state index in [2.05, 4.69) is 45.0 Å². The molecule has 2 aliphatic heterocycles. The topological polar surface area (TPSA) is 55.8 Å². The van der Waals surface area contributed by atoms with Crippen LogP contribution < -0.4 is 10.2 Å². The highest BCUT2D eigenvalue weighted by Gasteiger charge is 2.31. The number of nitrogens with zero attached hydrogens (tertiary/aromatic N) is 2. The van der Waals surface area contributed by atoms with Crippen LogP contribution in [0.3, 0.4) is 0 Å². The maximum Gasteiger partial charge on any atom is 0.257 e. The molecule has 0 aliphatic carbocycles. The Labute approximate surface area is 126 Å². The predicted molar refractivity (Wildman–Crippen MR) is 82.0 cm³/mol. The van der Waals surface area contributed by atoms with Crippen LogP contribution in [0.5, 0.6) is 0 Å². The molecule has 1 amide bonds. The molecule has 108 valence electrons. The fourth-order valence-corrected chi connectivity index (χ4v) is 3.56. The maximum atomic E-state index is 11.5. The van der Waals surface area contributed by atoms with Gasteiger partial charge in [0.25, 0.3) is 5.91 Å². The van der Waals surface area contributed by atoms with Gasteiger partial charge in [0.05, 0.1) is 5.69 Å². The molecule has 5 nitrogen and oxygen atoms in total. The maximum absolute atomic E-state index is 11.5. The van der Waals surface area contributed by atoms with E-state index >= 15 is 0 Å². The van der Waals surface area contributed by atoms with Gasteiger partial charge in [-0.1, -0.05) is 0 Å². The SMILES string of the molecule is CC1CN(C)CCN1c1cc2c(cc1Br)C(O)C(=O)N2. The first-order valence-corrected chi connectivity index (χ1v) is 7.54. The molecule has 0 saturated carbocycles. The normalized spacial score (nSPS) is 26.6. The molecule has 2 N–H and O–H groups in total. The molecule has 20 heavy (non-hydrogen) atoms. The van der Waals surface area contributed by atoms with E-state index in [9.17, 15) is 9.90 Å². The van der Waals surface area contributed by atoms with E-state index in [0.717, 1.165) is 29.8 Å². The van der Waals surface area contributed by atoms with E-state index in [4.69, 9.17) is 0 Å². The third-order valence-electron chi connectivity index (χ3n) is 4.06. The van der Waals surface area contributed by atoms with Crippen LogP contribution in [0, 0.1) is 0 Å². The minimum atomic E-state index is -1.06. The number of carbonyl (C=O) groups is 1. The Kier molecular flexibility index (Phi) is 3.48. The number of hydrogen-bond donors (Lipinski definition) is 2. The zero-order valence-electron chi connectivity index (χ0n) is 11.6.